The van der Waals surface area contributed by atoms with E-state index in [0.29, 0.717) is 0 Å². The maximum absolute atomic E-state index is 7.21. The van der Waals surface area contributed by atoms with Gasteiger partial charge in [-0.2, -0.15) is 0 Å². The van der Waals surface area contributed by atoms with Crippen LogP contribution in [0.2, 0.25) is 0 Å². The van der Waals surface area contributed by atoms with Gasteiger partial charge in [0.05, 0.1) is 0 Å². The predicted octanol–water partition coefficient (Wildman–Crippen LogP) is -1.46. The van der Waals surface area contributed by atoms with Gasteiger partial charge in [0.1, 0.15) is 0 Å². The number of nitrogens with zero attached hydrogens (tertiary/aromatic N) is 1. The van der Waals surface area contributed by atoms with Gasteiger partial charge in [0.25, 0.3) is 0 Å². The Balaban J connectivity index is -0.0000000200. The van der Waals surface area contributed by atoms with E-state index in [1.54, 1.807) is 0 Å². The second-order valence-electron chi connectivity index (χ2n) is 0.0791. The number of rotatable bonds is 0. The van der Waals surface area contributed by atoms with Crippen LogP contribution in [-0.2, 0) is 16.0 Å². The molecule has 0 heterocycles. The molecule has 0 bridgehead atoms. The van der Waals surface area contributed by atoms with Crippen LogP contribution < -0.4 is 0 Å². The Bertz CT molecular complexity index is 33.1. The van der Waals surface area contributed by atoms with Crippen molar-refractivity contribution < 1.29 is 21.5 Å². The fourth-order valence-corrected chi connectivity index (χ4v) is 0. The molecule has 0 aliphatic carbocycles. The Morgan fingerprint density at radius 2 is 1.60 bits per heavy atom. The van der Waals surface area contributed by atoms with Gasteiger partial charge in [-0.15, -0.1) is 0 Å². The Morgan fingerprint density at radius 3 is 1.60 bits per heavy atom. The maximum atomic E-state index is 7.21. The van der Waals surface area contributed by atoms with Crippen molar-refractivity contribution in [2.75, 3.05) is 0 Å². The summed E-state index contributed by atoms with van der Waals surface area (Å²) in [6, 6.07) is 0. The molecule has 0 fully saturated rings. The van der Waals surface area contributed by atoms with E-state index in [4.69, 9.17) is 5.26 Å². The van der Waals surface area contributed by atoms with Crippen molar-refractivity contribution in [3.63, 3.8) is 0 Å². The van der Waals surface area contributed by atoms with Crippen LogP contribution in [-0.4, -0.2) is 56.9 Å². The Kier molecular flexibility index (Phi) is 55.9. The zero-order valence-corrected chi connectivity index (χ0v) is 2.90. The molecule has 0 aliphatic rings. The number of nitriles is 1. The molecule has 0 aromatic carbocycles. The van der Waals surface area contributed by atoms with Crippen LogP contribution in [0.25, 0.3) is 0 Å². The fourth-order valence-electron chi connectivity index (χ4n) is 0. The van der Waals surface area contributed by atoms with Crippen LogP contribution in [0.5, 0.6) is 0 Å². The van der Waals surface area contributed by atoms with Gasteiger partial charge in [-0.3, -0.25) is 0 Å². The Morgan fingerprint density at radius 1 is 1.60 bits per heavy atom. The van der Waals surface area contributed by atoms with E-state index >= 15 is 0 Å². The molecule has 0 spiro atoms. The SMILES string of the molecule is N#[C][Fe].O.[KH]. The molecular formula is CH3FeKNO. The molecular weight excluding hydrogens is 137 g/mol. The van der Waals surface area contributed by atoms with Gasteiger partial charge >= 0.3 is 77.6 Å². The first kappa shape index (κ1) is 16.0. The third-order valence-corrected chi connectivity index (χ3v) is 0. The summed E-state index contributed by atoms with van der Waals surface area (Å²) in [6.07, 6.45) is 0. The second kappa shape index (κ2) is 17.5. The van der Waals surface area contributed by atoms with Crippen molar-refractivity contribution >= 4 is 51.4 Å². The van der Waals surface area contributed by atoms with E-state index < -0.39 is 0 Å². The van der Waals surface area contributed by atoms with Crippen molar-refractivity contribution in [3.8, 4) is 4.97 Å². The third-order valence-electron chi connectivity index (χ3n) is 0. The van der Waals surface area contributed by atoms with E-state index in [0.717, 1.165) is 0 Å². The second-order valence-corrected chi connectivity index (χ2v) is 0.326. The van der Waals surface area contributed by atoms with Gasteiger partial charge in [-0.05, 0) is 0 Å². The van der Waals surface area contributed by atoms with Gasteiger partial charge in [-0.1, -0.05) is 0 Å². The summed E-state index contributed by atoms with van der Waals surface area (Å²) < 4.78 is 0. The minimum absolute atomic E-state index is 0. The third kappa shape index (κ3) is 28.3. The van der Waals surface area contributed by atoms with Gasteiger partial charge in [0.2, 0.25) is 0 Å². The Labute approximate surface area is 81.5 Å². The van der Waals surface area contributed by atoms with Gasteiger partial charge < -0.3 is 5.48 Å². The van der Waals surface area contributed by atoms with Crippen LogP contribution in [0.1, 0.15) is 0 Å². The minimum atomic E-state index is 0. The first-order valence-corrected chi connectivity index (χ1v) is 0.952. The van der Waals surface area contributed by atoms with Gasteiger partial charge in [-0.25, -0.2) is 0 Å². The first-order valence-electron chi connectivity index (χ1n) is 0.400. The summed E-state index contributed by atoms with van der Waals surface area (Å²) in [5, 5.41) is 7.21. The predicted molar refractivity (Wildman–Crippen MR) is 16.4 cm³/mol. The van der Waals surface area contributed by atoms with Crippen LogP contribution in [0.3, 0.4) is 0 Å². The molecule has 0 aromatic rings. The van der Waals surface area contributed by atoms with E-state index in [1.807, 2.05) is 0 Å². The molecule has 0 atom stereocenters. The zero-order chi connectivity index (χ0) is 2.71. The Hall–Kier alpha value is 1.61. The van der Waals surface area contributed by atoms with Crippen molar-refractivity contribution in [2.45, 2.75) is 0 Å². The average Bonchev–Trinajstić information content (AvgIpc) is 0.918. The topological polar surface area (TPSA) is 55.3 Å². The number of hydrogen-bond donors (Lipinski definition) is 0. The van der Waals surface area contributed by atoms with Crippen LogP contribution >= 0.6 is 0 Å². The van der Waals surface area contributed by atoms with Crippen molar-refractivity contribution in [3.05, 3.63) is 0 Å². The monoisotopic (exact) mass is 140 g/mol. The summed E-state index contributed by atoms with van der Waals surface area (Å²) in [5.74, 6) is 0. The van der Waals surface area contributed by atoms with Crippen LogP contribution in [0, 0.1) is 10.2 Å². The van der Waals surface area contributed by atoms with Gasteiger partial charge in [0.15, 0.2) is 0 Å². The van der Waals surface area contributed by atoms with Crippen molar-refractivity contribution in [2.24, 2.45) is 0 Å². The quantitative estimate of drug-likeness (QED) is 0.379. The molecule has 0 saturated carbocycles. The normalized spacial score (nSPS) is 1.60. The molecule has 0 amide bonds. The van der Waals surface area contributed by atoms with Crippen LogP contribution in [0.4, 0.5) is 0 Å². The molecule has 0 saturated heterocycles. The van der Waals surface area contributed by atoms with Crippen molar-refractivity contribution in [1.82, 2.24) is 0 Å². The molecule has 5 heavy (non-hydrogen) atoms. The molecule has 0 unspecified atom stereocenters. The van der Waals surface area contributed by atoms with E-state index in [2.05, 4.69) is 16.0 Å². The van der Waals surface area contributed by atoms with E-state index in [9.17, 15) is 0 Å². The fraction of sp³-hybridized carbons (Fsp3) is 0. The summed E-state index contributed by atoms with van der Waals surface area (Å²) in [6.45, 7) is 0. The molecule has 0 rings (SSSR count). The van der Waals surface area contributed by atoms with Crippen LogP contribution in [0.15, 0.2) is 0 Å². The summed E-state index contributed by atoms with van der Waals surface area (Å²) in [5.41, 5.74) is 0. The van der Waals surface area contributed by atoms with E-state index in [1.165, 1.54) is 4.97 Å². The number of hydrogen-bond acceptors (Lipinski definition) is 1. The molecule has 27 valence electrons. The molecule has 4 heteroatoms. The summed E-state index contributed by atoms with van der Waals surface area (Å²) >= 11 is 2.79. The molecule has 0 aliphatic heterocycles. The molecule has 0 aromatic heterocycles. The molecule has 2 nitrogen and oxygen atoms in total. The summed E-state index contributed by atoms with van der Waals surface area (Å²) in [7, 11) is 0. The zero-order valence-electron chi connectivity index (χ0n) is 1.80. The van der Waals surface area contributed by atoms with E-state index in [-0.39, 0.29) is 56.9 Å². The summed E-state index contributed by atoms with van der Waals surface area (Å²) in [4.78, 5) is 1.50. The van der Waals surface area contributed by atoms with Crippen molar-refractivity contribution in [1.29, 1.82) is 5.26 Å². The first-order chi connectivity index (χ1) is 1.41. The average molecular weight is 140 g/mol. The molecule has 2 N–H and O–H groups in total. The standard InChI is InChI=1S/CN.Fe.K.H2O.H/c1-2;;;;/h;;;1H2;. The molecule has 0 radical (unpaired) electrons. The van der Waals surface area contributed by atoms with Gasteiger partial charge in [0, 0.05) is 0 Å².